The summed E-state index contributed by atoms with van der Waals surface area (Å²) < 4.78 is 0. The molecule has 5 rings (SSSR count). The Labute approximate surface area is 185 Å². The second-order valence-electron chi connectivity index (χ2n) is 10.9. The second kappa shape index (κ2) is 7.22. The first-order valence-corrected chi connectivity index (χ1v) is 11.9. The van der Waals surface area contributed by atoms with E-state index in [0.717, 1.165) is 51.6 Å². The highest BCUT2D eigenvalue weighted by molar-refractivity contribution is 5.85. The summed E-state index contributed by atoms with van der Waals surface area (Å²) in [6.45, 7) is 2.12. The monoisotopic (exact) mass is 424 g/mol. The number of benzene rings is 1. The molecule has 3 amide bonds. The van der Waals surface area contributed by atoms with Crippen LogP contribution in [0.4, 0.5) is 4.79 Å². The summed E-state index contributed by atoms with van der Waals surface area (Å²) in [7, 11) is 4.37. The maximum atomic E-state index is 13.5. The van der Waals surface area contributed by atoms with Crippen LogP contribution in [0.1, 0.15) is 56.9 Å². The third-order valence-electron chi connectivity index (χ3n) is 8.74. The summed E-state index contributed by atoms with van der Waals surface area (Å²) in [5.74, 6) is 0.413. The normalized spacial score (nSPS) is 32.2. The Morgan fingerprint density at radius 3 is 2.23 bits per heavy atom. The molecule has 1 saturated heterocycles. The molecule has 0 radical (unpaired) electrons. The molecule has 0 bridgehead atoms. The fourth-order valence-electron chi connectivity index (χ4n) is 6.13. The minimum Gasteiger partial charge on any atom is -0.369 e. The second-order valence-corrected chi connectivity index (χ2v) is 10.9. The van der Waals surface area contributed by atoms with Gasteiger partial charge in [0.2, 0.25) is 5.91 Å². The van der Waals surface area contributed by atoms with Gasteiger partial charge in [0.1, 0.15) is 0 Å². The molecule has 1 spiro atoms. The summed E-state index contributed by atoms with van der Waals surface area (Å²) >= 11 is 0. The fraction of sp³-hybridized carbons (Fsp3) is 0.680. The molecule has 1 aromatic carbocycles. The van der Waals surface area contributed by atoms with Crippen molar-refractivity contribution in [3.63, 3.8) is 0 Å². The van der Waals surface area contributed by atoms with Crippen LogP contribution in [0.15, 0.2) is 30.3 Å². The standard InChI is InChI=1S/C25H36N4O2/c1-27(2)25(20-6-4-3-5-7-20)14-12-24(13-15-25)18-28(17-23(10-11-23)21(26)30)22(31)29(24)16-19-8-9-19/h3-7,19H,8-18H2,1-2H3,(H2,26,30)/t24-,25+. The zero-order valence-corrected chi connectivity index (χ0v) is 19.0. The molecular formula is C25H36N4O2. The van der Waals surface area contributed by atoms with Crippen LogP contribution in [-0.2, 0) is 10.3 Å². The van der Waals surface area contributed by atoms with E-state index in [9.17, 15) is 9.59 Å². The zero-order chi connectivity index (χ0) is 21.9. The predicted octanol–water partition coefficient (Wildman–Crippen LogP) is 3.17. The number of nitrogens with zero attached hydrogens (tertiary/aromatic N) is 3. The first-order valence-electron chi connectivity index (χ1n) is 11.9. The fourth-order valence-corrected chi connectivity index (χ4v) is 6.13. The highest BCUT2D eigenvalue weighted by Crippen LogP contribution is 2.52. The van der Waals surface area contributed by atoms with Crippen molar-refractivity contribution < 1.29 is 9.59 Å². The van der Waals surface area contributed by atoms with Crippen LogP contribution in [0.3, 0.4) is 0 Å². The third kappa shape index (κ3) is 3.43. The summed E-state index contributed by atoms with van der Waals surface area (Å²) in [4.78, 5) is 32.1. The average molecular weight is 425 g/mol. The van der Waals surface area contributed by atoms with Crippen molar-refractivity contribution in [3.8, 4) is 0 Å². The van der Waals surface area contributed by atoms with Crippen molar-refractivity contribution in [1.82, 2.24) is 14.7 Å². The highest BCUT2D eigenvalue weighted by atomic mass is 16.2. The maximum absolute atomic E-state index is 13.5. The lowest BCUT2D eigenvalue weighted by molar-refractivity contribution is -0.123. The van der Waals surface area contributed by atoms with Gasteiger partial charge in [-0.25, -0.2) is 4.79 Å². The van der Waals surface area contributed by atoms with Gasteiger partial charge in [0.25, 0.3) is 0 Å². The molecule has 6 nitrogen and oxygen atoms in total. The number of hydrogen-bond donors (Lipinski definition) is 1. The first-order chi connectivity index (χ1) is 14.8. The molecule has 2 N–H and O–H groups in total. The zero-order valence-electron chi connectivity index (χ0n) is 19.0. The molecule has 4 aliphatic rings. The molecule has 0 unspecified atom stereocenters. The molecule has 3 aliphatic carbocycles. The smallest absolute Gasteiger partial charge is 0.320 e. The Kier molecular flexibility index (Phi) is 4.85. The van der Waals surface area contributed by atoms with Gasteiger partial charge in [0.15, 0.2) is 0 Å². The third-order valence-corrected chi connectivity index (χ3v) is 8.74. The Balaban J connectivity index is 1.39. The molecule has 31 heavy (non-hydrogen) atoms. The minimum atomic E-state index is -0.474. The van der Waals surface area contributed by atoms with Gasteiger partial charge >= 0.3 is 6.03 Å². The van der Waals surface area contributed by atoms with E-state index in [-0.39, 0.29) is 23.0 Å². The van der Waals surface area contributed by atoms with Gasteiger partial charge < -0.3 is 15.5 Å². The van der Waals surface area contributed by atoms with E-state index in [2.05, 4.69) is 54.2 Å². The lowest BCUT2D eigenvalue weighted by Gasteiger charge is -2.51. The number of urea groups is 1. The van der Waals surface area contributed by atoms with Crippen LogP contribution in [0.2, 0.25) is 0 Å². The molecule has 0 aromatic heterocycles. The van der Waals surface area contributed by atoms with Crippen LogP contribution in [0.5, 0.6) is 0 Å². The Morgan fingerprint density at radius 2 is 1.71 bits per heavy atom. The van der Waals surface area contributed by atoms with Crippen molar-refractivity contribution >= 4 is 11.9 Å². The number of carbonyl (C=O) groups excluding carboxylic acids is 2. The number of hydrogen-bond acceptors (Lipinski definition) is 3. The van der Waals surface area contributed by atoms with Crippen molar-refractivity contribution in [2.24, 2.45) is 17.1 Å². The Morgan fingerprint density at radius 1 is 1.06 bits per heavy atom. The summed E-state index contributed by atoms with van der Waals surface area (Å²) in [5, 5.41) is 0. The topological polar surface area (TPSA) is 69.9 Å². The van der Waals surface area contributed by atoms with E-state index in [4.69, 9.17) is 5.73 Å². The summed E-state index contributed by atoms with van der Waals surface area (Å²) in [6, 6.07) is 11.0. The quantitative estimate of drug-likeness (QED) is 0.731. The van der Waals surface area contributed by atoms with Gasteiger partial charge in [0, 0.05) is 25.2 Å². The lowest BCUT2D eigenvalue weighted by atomic mass is 9.68. The molecule has 1 heterocycles. The van der Waals surface area contributed by atoms with E-state index in [1.54, 1.807) is 0 Å². The van der Waals surface area contributed by atoms with Crippen LogP contribution >= 0.6 is 0 Å². The van der Waals surface area contributed by atoms with Crippen molar-refractivity contribution in [2.45, 2.75) is 62.4 Å². The number of amides is 3. The largest absolute Gasteiger partial charge is 0.369 e. The van der Waals surface area contributed by atoms with Crippen LogP contribution < -0.4 is 5.73 Å². The molecule has 0 atom stereocenters. The number of nitrogens with two attached hydrogens (primary N) is 1. The number of rotatable bonds is 7. The van der Waals surface area contributed by atoms with E-state index < -0.39 is 5.41 Å². The van der Waals surface area contributed by atoms with Crippen molar-refractivity contribution in [2.75, 3.05) is 33.7 Å². The van der Waals surface area contributed by atoms with Gasteiger partial charge in [-0.15, -0.1) is 0 Å². The summed E-state index contributed by atoms with van der Waals surface area (Å²) in [6.07, 6.45) is 8.17. The van der Waals surface area contributed by atoms with Gasteiger partial charge in [-0.05, 0) is 76.9 Å². The predicted molar refractivity (Wildman–Crippen MR) is 120 cm³/mol. The molecule has 3 saturated carbocycles. The van der Waals surface area contributed by atoms with E-state index in [0.29, 0.717) is 12.5 Å². The molecule has 1 aliphatic heterocycles. The van der Waals surface area contributed by atoms with Crippen LogP contribution in [0, 0.1) is 11.3 Å². The van der Waals surface area contributed by atoms with Crippen molar-refractivity contribution in [1.29, 1.82) is 0 Å². The van der Waals surface area contributed by atoms with Crippen LogP contribution in [0.25, 0.3) is 0 Å². The van der Waals surface area contributed by atoms with Gasteiger partial charge in [-0.2, -0.15) is 0 Å². The Hall–Kier alpha value is -2.08. The summed E-state index contributed by atoms with van der Waals surface area (Å²) in [5.41, 5.74) is 6.49. The Bertz CT molecular complexity index is 852. The van der Waals surface area contributed by atoms with Crippen molar-refractivity contribution in [3.05, 3.63) is 35.9 Å². The number of primary amides is 1. The lowest BCUT2D eigenvalue weighted by Crippen LogP contribution is -2.55. The first kappa shape index (κ1) is 20.8. The SMILES string of the molecule is CN(C)[C@]1(c2ccccc2)CC[C@]2(CC1)CN(CC1(C(N)=O)CC1)C(=O)N2CC1CC1. The molecule has 168 valence electrons. The van der Waals surface area contributed by atoms with Crippen LogP contribution in [-0.4, -0.2) is 65.9 Å². The number of carbonyl (C=O) groups is 2. The van der Waals surface area contributed by atoms with E-state index in [1.165, 1.54) is 18.4 Å². The maximum Gasteiger partial charge on any atom is 0.320 e. The van der Waals surface area contributed by atoms with Gasteiger partial charge in [-0.1, -0.05) is 30.3 Å². The highest BCUT2D eigenvalue weighted by Gasteiger charge is 2.58. The molecule has 1 aromatic rings. The molecular weight excluding hydrogens is 388 g/mol. The average Bonchev–Trinajstić information content (AvgIpc) is 3.68. The molecule has 6 heteroatoms. The van der Waals surface area contributed by atoms with E-state index in [1.807, 2.05) is 4.90 Å². The van der Waals surface area contributed by atoms with E-state index >= 15 is 0 Å². The van der Waals surface area contributed by atoms with Gasteiger partial charge in [0.05, 0.1) is 11.0 Å². The van der Waals surface area contributed by atoms with Gasteiger partial charge in [-0.3, -0.25) is 9.69 Å². The minimum absolute atomic E-state index is 0.0131. The molecule has 4 fully saturated rings.